The second kappa shape index (κ2) is 8.35. The zero-order valence-corrected chi connectivity index (χ0v) is 14.8. The highest BCUT2D eigenvalue weighted by Crippen LogP contribution is 2.29. The Balaban J connectivity index is 2.01. The second-order valence-corrected chi connectivity index (χ2v) is 5.99. The van der Waals surface area contributed by atoms with E-state index in [1.165, 1.54) is 12.3 Å². The van der Waals surface area contributed by atoms with Crippen LogP contribution in [0.5, 0.6) is 0 Å². The number of hydrogen-bond acceptors (Lipinski definition) is 3. The number of carbonyl (C=O) groups excluding carboxylic acids is 2. The Morgan fingerprint density at radius 1 is 0.875 bits per heavy atom. The number of nitrogens with one attached hydrogen (secondary N) is 2. The second-order valence-electron chi connectivity index (χ2n) is 4.39. The molecule has 0 radical (unpaired) electrons. The summed E-state index contributed by atoms with van der Waals surface area (Å²) < 4.78 is 0. The molecule has 0 spiro atoms. The fourth-order valence-electron chi connectivity index (χ4n) is 1.62. The van der Waals surface area contributed by atoms with Crippen molar-refractivity contribution in [2.45, 2.75) is 0 Å². The lowest BCUT2D eigenvalue weighted by Crippen LogP contribution is -2.32. The summed E-state index contributed by atoms with van der Waals surface area (Å²) in [6.45, 7) is 0. The first-order valence-corrected chi connectivity index (χ1v) is 7.93. The number of hydrogen-bond donors (Lipinski definition) is 2. The lowest BCUT2D eigenvalue weighted by molar-refractivity contribution is -0.136. The molecule has 0 aromatic heterocycles. The molecule has 0 aliphatic rings. The first kappa shape index (κ1) is 18.5. The maximum absolute atomic E-state index is 11.8. The van der Waals surface area contributed by atoms with Gasteiger partial charge in [0.15, 0.2) is 0 Å². The van der Waals surface area contributed by atoms with Gasteiger partial charge in [0.25, 0.3) is 0 Å². The van der Waals surface area contributed by atoms with E-state index in [1.807, 2.05) is 0 Å². The summed E-state index contributed by atoms with van der Waals surface area (Å²) in [5, 5.41) is 7.08. The Hall–Kier alpha value is -1.79. The van der Waals surface area contributed by atoms with Gasteiger partial charge in [0.1, 0.15) is 0 Å². The minimum Gasteiger partial charge on any atom is -0.316 e. The molecule has 2 aromatic carbocycles. The van der Waals surface area contributed by atoms with Gasteiger partial charge in [-0.05, 0) is 24.3 Å². The molecule has 0 saturated carbocycles. The average molecular weight is 405 g/mol. The van der Waals surface area contributed by atoms with Gasteiger partial charge in [0.05, 0.1) is 32.0 Å². The molecule has 0 atom stereocenters. The SMILES string of the molecule is O=C(N/N=C/c1c(Cl)cccc1Cl)C(=O)Nc1cccc(Cl)c1Cl. The molecule has 0 bridgehead atoms. The van der Waals surface area contributed by atoms with E-state index in [0.717, 1.165) is 0 Å². The normalized spacial score (nSPS) is 10.7. The first-order chi connectivity index (χ1) is 11.4. The van der Waals surface area contributed by atoms with Crippen LogP contribution < -0.4 is 10.7 Å². The summed E-state index contributed by atoms with van der Waals surface area (Å²) in [5.41, 5.74) is 2.69. The van der Waals surface area contributed by atoms with Gasteiger partial charge in [-0.3, -0.25) is 9.59 Å². The van der Waals surface area contributed by atoms with Gasteiger partial charge in [-0.25, -0.2) is 5.43 Å². The summed E-state index contributed by atoms with van der Waals surface area (Å²) >= 11 is 23.7. The molecule has 2 N–H and O–H groups in total. The molecule has 0 aliphatic heterocycles. The van der Waals surface area contributed by atoms with E-state index in [9.17, 15) is 9.59 Å². The maximum Gasteiger partial charge on any atom is 0.329 e. The van der Waals surface area contributed by atoms with E-state index < -0.39 is 11.8 Å². The van der Waals surface area contributed by atoms with Crippen LogP contribution in [0, 0.1) is 0 Å². The zero-order valence-electron chi connectivity index (χ0n) is 11.8. The number of rotatable bonds is 3. The number of halogens is 4. The third-order valence-corrected chi connectivity index (χ3v) is 4.24. The Bertz CT molecular complexity index is 804. The molecule has 124 valence electrons. The summed E-state index contributed by atoms with van der Waals surface area (Å²) in [4.78, 5) is 23.5. The van der Waals surface area contributed by atoms with E-state index in [1.54, 1.807) is 30.3 Å². The largest absolute Gasteiger partial charge is 0.329 e. The number of amides is 2. The molecule has 5 nitrogen and oxygen atoms in total. The topological polar surface area (TPSA) is 70.6 Å². The predicted octanol–water partition coefficient (Wildman–Crippen LogP) is 4.39. The Morgan fingerprint density at radius 3 is 2.12 bits per heavy atom. The van der Waals surface area contributed by atoms with Crippen molar-refractivity contribution in [2.24, 2.45) is 5.10 Å². The van der Waals surface area contributed by atoms with E-state index in [0.29, 0.717) is 15.6 Å². The molecule has 24 heavy (non-hydrogen) atoms. The van der Waals surface area contributed by atoms with Crippen LogP contribution >= 0.6 is 46.4 Å². The third kappa shape index (κ3) is 4.61. The molecule has 0 saturated heterocycles. The first-order valence-electron chi connectivity index (χ1n) is 6.42. The van der Waals surface area contributed by atoms with E-state index in [4.69, 9.17) is 46.4 Å². The molecule has 9 heteroatoms. The van der Waals surface area contributed by atoms with Crippen LogP contribution in [0.2, 0.25) is 20.1 Å². The maximum atomic E-state index is 11.8. The number of carbonyl (C=O) groups is 2. The van der Waals surface area contributed by atoms with Gasteiger partial charge in [0, 0.05) is 5.56 Å². The van der Waals surface area contributed by atoms with Crippen LogP contribution in [0.15, 0.2) is 41.5 Å². The van der Waals surface area contributed by atoms with Crippen molar-refractivity contribution < 1.29 is 9.59 Å². The van der Waals surface area contributed by atoms with Gasteiger partial charge in [-0.1, -0.05) is 58.5 Å². The van der Waals surface area contributed by atoms with E-state index in [-0.39, 0.29) is 15.7 Å². The summed E-state index contributed by atoms with van der Waals surface area (Å²) in [5.74, 6) is -1.95. The highest BCUT2D eigenvalue weighted by atomic mass is 35.5. The van der Waals surface area contributed by atoms with Crippen molar-refractivity contribution in [2.75, 3.05) is 5.32 Å². The predicted molar refractivity (Wildman–Crippen MR) is 97.3 cm³/mol. The minimum atomic E-state index is -0.995. The van der Waals surface area contributed by atoms with Crippen LogP contribution in [-0.2, 0) is 9.59 Å². The van der Waals surface area contributed by atoms with Gasteiger partial charge in [0.2, 0.25) is 0 Å². The van der Waals surface area contributed by atoms with Crippen molar-refractivity contribution >= 4 is 70.1 Å². The molecule has 0 heterocycles. The van der Waals surface area contributed by atoms with Crippen LogP contribution in [-0.4, -0.2) is 18.0 Å². The number of hydrazone groups is 1. The van der Waals surface area contributed by atoms with Crippen molar-refractivity contribution in [1.29, 1.82) is 0 Å². The van der Waals surface area contributed by atoms with Crippen LogP contribution in [0.25, 0.3) is 0 Å². The highest BCUT2D eigenvalue weighted by Gasteiger charge is 2.15. The van der Waals surface area contributed by atoms with Crippen LogP contribution in [0.4, 0.5) is 5.69 Å². The molecule has 0 aliphatic carbocycles. The van der Waals surface area contributed by atoms with Crippen molar-refractivity contribution in [3.63, 3.8) is 0 Å². The van der Waals surface area contributed by atoms with Gasteiger partial charge < -0.3 is 5.32 Å². The number of anilines is 1. The molecular formula is C15H9Cl4N3O2. The Kier molecular flexibility index (Phi) is 6.45. The molecule has 2 amide bonds. The van der Waals surface area contributed by atoms with Gasteiger partial charge >= 0.3 is 11.8 Å². The lowest BCUT2D eigenvalue weighted by atomic mass is 10.2. The molecule has 0 fully saturated rings. The van der Waals surface area contributed by atoms with Crippen molar-refractivity contribution in [1.82, 2.24) is 5.43 Å². The smallest absolute Gasteiger partial charge is 0.316 e. The fraction of sp³-hybridized carbons (Fsp3) is 0. The Morgan fingerprint density at radius 2 is 1.46 bits per heavy atom. The highest BCUT2D eigenvalue weighted by molar-refractivity contribution is 6.45. The number of nitrogens with zero attached hydrogens (tertiary/aromatic N) is 1. The molecule has 2 aromatic rings. The molecule has 0 unspecified atom stereocenters. The van der Waals surface area contributed by atoms with Crippen molar-refractivity contribution in [3.8, 4) is 0 Å². The average Bonchev–Trinajstić information content (AvgIpc) is 2.54. The van der Waals surface area contributed by atoms with Crippen molar-refractivity contribution in [3.05, 3.63) is 62.1 Å². The lowest BCUT2D eigenvalue weighted by Gasteiger charge is -2.07. The van der Waals surface area contributed by atoms with Crippen LogP contribution in [0.3, 0.4) is 0 Å². The Labute approximate surface area is 157 Å². The van der Waals surface area contributed by atoms with E-state index in [2.05, 4.69) is 15.8 Å². The molecule has 2 rings (SSSR count). The minimum absolute atomic E-state index is 0.131. The monoisotopic (exact) mass is 403 g/mol. The summed E-state index contributed by atoms with van der Waals surface area (Å²) in [6.07, 6.45) is 1.24. The standard InChI is InChI=1S/C15H9Cl4N3O2/c16-9-3-1-4-10(17)8(9)7-20-22-15(24)14(23)21-12-6-2-5-11(18)13(12)19/h1-7H,(H,21,23)(H,22,24)/b20-7+. The van der Waals surface area contributed by atoms with Gasteiger partial charge in [-0.15, -0.1) is 0 Å². The quantitative estimate of drug-likeness (QED) is 0.452. The summed E-state index contributed by atoms with van der Waals surface area (Å²) in [6, 6.07) is 9.54. The third-order valence-electron chi connectivity index (χ3n) is 2.77. The van der Waals surface area contributed by atoms with Gasteiger partial charge in [-0.2, -0.15) is 5.10 Å². The zero-order chi connectivity index (χ0) is 17.7. The van der Waals surface area contributed by atoms with E-state index >= 15 is 0 Å². The summed E-state index contributed by atoms with van der Waals surface area (Å²) in [7, 11) is 0. The van der Waals surface area contributed by atoms with Crippen LogP contribution in [0.1, 0.15) is 5.56 Å². The fourth-order valence-corrected chi connectivity index (χ4v) is 2.46. The number of benzene rings is 2. The molecular weight excluding hydrogens is 396 g/mol.